The summed E-state index contributed by atoms with van der Waals surface area (Å²) < 4.78 is 51.0. The number of methoxy groups -OCH3 is 1. The largest absolute Gasteiger partial charge is 0.494 e. The van der Waals surface area contributed by atoms with Crippen molar-refractivity contribution in [3.63, 3.8) is 0 Å². The van der Waals surface area contributed by atoms with Gasteiger partial charge in [-0.3, -0.25) is 9.59 Å². The quantitative estimate of drug-likeness (QED) is 0.291. The zero-order valence-corrected chi connectivity index (χ0v) is 22.3. The number of carbonyl (C=O) groups is 2. The third-order valence-corrected chi connectivity index (χ3v) is 6.96. The van der Waals surface area contributed by atoms with Crippen LogP contribution < -0.4 is 21.1 Å². The Morgan fingerprint density at radius 2 is 1.93 bits per heavy atom. The normalized spacial score (nSPS) is 15.7. The van der Waals surface area contributed by atoms with E-state index in [1.165, 1.54) is 24.8 Å². The second-order valence-electron chi connectivity index (χ2n) is 9.82. The van der Waals surface area contributed by atoms with Crippen molar-refractivity contribution >= 4 is 22.7 Å². The molecule has 0 saturated heterocycles. The summed E-state index contributed by atoms with van der Waals surface area (Å²) in [5.41, 5.74) is 7.34. The summed E-state index contributed by atoms with van der Waals surface area (Å²) in [6, 6.07) is 12.1. The zero-order valence-electron chi connectivity index (χ0n) is 22.3. The van der Waals surface area contributed by atoms with Crippen LogP contribution in [0.25, 0.3) is 22.4 Å². The Bertz CT molecular complexity index is 1620. The summed E-state index contributed by atoms with van der Waals surface area (Å²) in [5.74, 6) is -0.901. The molecule has 0 aliphatic heterocycles. The molecular weight excluding hydrogens is 539 g/mol. The molecule has 2 amide bonds. The first-order valence-electron chi connectivity index (χ1n) is 13.0. The van der Waals surface area contributed by atoms with Gasteiger partial charge in [0.1, 0.15) is 17.0 Å². The van der Waals surface area contributed by atoms with Gasteiger partial charge in [-0.15, -0.1) is 0 Å². The standard InChI is InChI=1S/C29H28F3N5O4/c1-15(33)26-25(27(39)34-14-23(38)35-20-9-5-7-16-6-3-4-8-17(16)20)37-28(41-26)19-10-12-21(40-2)24-18(19)11-13-22(36-24)29(30,31)32/h3-4,6,8,10-13,15,20H,5,7,9,14,33H2,1-2H3,(H,34,39)(H,35,38)/t15-,20?/m0/s1. The van der Waals surface area contributed by atoms with E-state index < -0.39 is 23.8 Å². The molecule has 0 bridgehead atoms. The van der Waals surface area contributed by atoms with E-state index in [-0.39, 0.29) is 58.1 Å². The number of hydrogen-bond donors (Lipinski definition) is 3. The van der Waals surface area contributed by atoms with E-state index in [4.69, 9.17) is 14.9 Å². The SMILES string of the molecule is COc1ccc(-c2nc(C(=O)NCC(=O)NC3CCCc4ccccc43)c([C@H](C)N)o2)c2ccc(C(F)(F)F)nc12. The number of carbonyl (C=O) groups excluding carboxylic acids is 2. The average molecular weight is 568 g/mol. The van der Waals surface area contributed by atoms with Crippen molar-refractivity contribution < 1.29 is 31.9 Å². The van der Waals surface area contributed by atoms with Crippen molar-refractivity contribution in [3.05, 3.63) is 76.8 Å². The Morgan fingerprint density at radius 1 is 1.15 bits per heavy atom. The summed E-state index contributed by atoms with van der Waals surface area (Å²) in [7, 11) is 1.32. The van der Waals surface area contributed by atoms with E-state index >= 15 is 0 Å². The predicted molar refractivity (Wildman–Crippen MR) is 144 cm³/mol. The van der Waals surface area contributed by atoms with Crippen LogP contribution in [0.15, 0.2) is 52.9 Å². The highest BCUT2D eigenvalue weighted by Crippen LogP contribution is 2.37. The number of fused-ring (bicyclic) bond motifs is 2. The van der Waals surface area contributed by atoms with Gasteiger partial charge < -0.3 is 25.5 Å². The number of amides is 2. The minimum Gasteiger partial charge on any atom is -0.494 e. The highest BCUT2D eigenvalue weighted by atomic mass is 19.4. The summed E-state index contributed by atoms with van der Waals surface area (Å²) in [6.07, 6.45) is -1.96. The minimum atomic E-state index is -4.65. The molecule has 12 heteroatoms. The molecule has 4 N–H and O–H groups in total. The first-order valence-corrected chi connectivity index (χ1v) is 13.0. The van der Waals surface area contributed by atoms with Crippen molar-refractivity contribution in [2.75, 3.05) is 13.7 Å². The minimum absolute atomic E-state index is 0.0417. The number of oxazole rings is 1. The van der Waals surface area contributed by atoms with Gasteiger partial charge in [0.25, 0.3) is 5.91 Å². The van der Waals surface area contributed by atoms with Crippen molar-refractivity contribution in [3.8, 4) is 17.2 Å². The number of nitrogens with two attached hydrogens (primary N) is 1. The summed E-state index contributed by atoms with van der Waals surface area (Å²) in [5, 5.41) is 5.81. The zero-order chi connectivity index (χ0) is 29.3. The maximum Gasteiger partial charge on any atom is 0.433 e. The lowest BCUT2D eigenvalue weighted by molar-refractivity contribution is -0.141. The topological polar surface area (TPSA) is 132 Å². The van der Waals surface area contributed by atoms with Crippen LogP contribution in [-0.2, 0) is 17.4 Å². The number of aromatic nitrogens is 2. The van der Waals surface area contributed by atoms with Crippen molar-refractivity contribution in [1.29, 1.82) is 0 Å². The lowest BCUT2D eigenvalue weighted by Crippen LogP contribution is -2.39. The number of pyridine rings is 1. The Morgan fingerprint density at radius 3 is 2.66 bits per heavy atom. The fourth-order valence-corrected chi connectivity index (χ4v) is 5.01. The summed E-state index contributed by atoms with van der Waals surface area (Å²) in [6.45, 7) is 1.30. The fourth-order valence-electron chi connectivity index (χ4n) is 5.01. The highest BCUT2D eigenvalue weighted by Gasteiger charge is 2.33. The Labute approximate surface area is 233 Å². The fraction of sp³-hybridized carbons (Fsp3) is 0.310. The molecule has 1 aliphatic carbocycles. The number of aryl methyl sites for hydroxylation is 1. The lowest BCUT2D eigenvalue weighted by Gasteiger charge is -2.26. The van der Waals surface area contributed by atoms with Gasteiger partial charge in [-0.1, -0.05) is 24.3 Å². The van der Waals surface area contributed by atoms with Gasteiger partial charge in [0.15, 0.2) is 11.5 Å². The molecule has 1 aliphatic rings. The molecule has 2 heterocycles. The van der Waals surface area contributed by atoms with Gasteiger partial charge in [-0.25, -0.2) is 9.97 Å². The number of ether oxygens (including phenoxy) is 1. The molecule has 0 radical (unpaired) electrons. The van der Waals surface area contributed by atoms with E-state index in [2.05, 4.69) is 20.6 Å². The number of rotatable bonds is 7. The Kier molecular flexibility index (Phi) is 7.68. The number of alkyl halides is 3. The first-order chi connectivity index (χ1) is 19.6. The smallest absolute Gasteiger partial charge is 0.433 e. The molecule has 41 heavy (non-hydrogen) atoms. The van der Waals surface area contributed by atoms with E-state index in [1.807, 2.05) is 24.3 Å². The molecule has 2 aromatic carbocycles. The van der Waals surface area contributed by atoms with Crippen LogP contribution in [-0.4, -0.2) is 35.4 Å². The molecule has 2 aromatic heterocycles. The summed E-state index contributed by atoms with van der Waals surface area (Å²) >= 11 is 0. The lowest BCUT2D eigenvalue weighted by atomic mass is 9.88. The van der Waals surface area contributed by atoms with Crippen LogP contribution in [0.3, 0.4) is 0 Å². The van der Waals surface area contributed by atoms with E-state index in [9.17, 15) is 22.8 Å². The van der Waals surface area contributed by atoms with Crippen LogP contribution in [0.5, 0.6) is 5.75 Å². The molecule has 2 atom stereocenters. The summed E-state index contributed by atoms with van der Waals surface area (Å²) in [4.78, 5) is 33.9. The van der Waals surface area contributed by atoms with Gasteiger partial charge in [-0.2, -0.15) is 13.2 Å². The van der Waals surface area contributed by atoms with Crippen molar-refractivity contribution in [2.24, 2.45) is 5.73 Å². The maximum absolute atomic E-state index is 13.3. The third kappa shape index (κ3) is 5.73. The number of halogens is 3. The number of nitrogens with zero attached hydrogens (tertiary/aromatic N) is 2. The molecule has 0 fully saturated rings. The van der Waals surface area contributed by atoms with E-state index in [1.54, 1.807) is 13.0 Å². The van der Waals surface area contributed by atoms with Gasteiger partial charge >= 0.3 is 6.18 Å². The predicted octanol–water partition coefficient (Wildman–Crippen LogP) is 4.86. The third-order valence-electron chi connectivity index (χ3n) is 6.96. The molecule has 214 valence electrons. The van der Waals surface area contributed by atoms with Gasteiger partial charge in [0.05, 0.1) is 25.7 Å². The average Bonchev–Trinajstić information content (AvgIpc) is 3.41. The van der Waals surface area contributed by atoms with Crippen LogP contribution in [0.4, 0.5) is 13.2 Å². The van der Waals surface area contributed by atoms with Crippen LogP contribution in [0, 0.1) is 0 Å². The molecule has 4 aromatic rings. The first kappa shape index (κ1) is 28.1. The second kappa shape index (κ2) is 11.2. The highest BCUT2D eigenvalue weighted by molar-refractivity contribution is 5.99. The van der Waals surface area contributed by atoms with Crippen molar-refractivity contribution in [2.45, 2.75) is 44.4 Å². The Hall–Kier alpha value is -4.45. The molecular formula is C29H28F3N5O4. The van der Waals surface area contributed by atoms with Gasteiger partial charge in [0.2, 0.25) is 11.8 Å². The maximum atomic E-state index is 13.3. The molecule has 1 unspecified atom stereocenters. The Balaban J connectivity index is 1.38. The van der Waals surface area contributed by atoms with Crippen molar-refractivity contribution in [1.82, 2.24) is 20.6 Å². The van der Waals surface area contributed by atoms with Crippen LogP contribution >= 0.6 is 0 Å². The van der Waals surface area contributed by atoms with Crippen LogP contribution in [0.1, 0.15) is 64.9 Å². The molecule has 5 rings (SSSR count). The van der Waals surface area contributed by atoms with Gasteiger partial charge in [0, 0.05) is 10.9 Å². The monoisotopic (exact) mass is 567 g/mol. The number of benzene rings is 2. The molecule has 0 spiro atoms. The second-order valence-corrected chi connectivity index (χ2v) is 9.82. The molecule has 0 saturated carbocycles. The van der Waals surface area contributed by atoms with E-state index in [0.29, 0.717) is 0 Å². The van der Waals surface area contributed by atoms with Gasteiger partial charge in [-0.05, 0) is 61.6 Å². The molecule has 9 nitrogen and oxygen atoms in total. The van der Waals surface area contributed by atoms with Crippen LogP contribution in [0.2, 0.25) is 0 Å². The number of nitrogens with one attached hydrogen (secondary N) is 2. The van der Waals surface area contributed by atoms with E-state index in [0.717, 1.165) is 30.9 Å². The number of hydrogen-bond acceptors (Lipinski definition) is 7.